The highest BCUT2D eigenvalue weighted by Gasteiger charge is 2.15. The normalized spacial score (nSPS) is 11.1. The Morgan fingerprint density at radius 2 is 1.82 bits per heavy atom. The maximum Gasteiger partial charge on any atom is 0.335 e. The number of carbonyl (C=O) groups is 2. The Kier molecular flexibility index (Phi) is 6.45. The first-order valence-corrected chi connectivity index (χ1v) is 10.4. The van der Waals surface area contributed by atoms with E-state index in [1.54, 1.807) is 30.3 Å². The van der Waals surface area contributed by atoms with Crippen molar-refractivity contribution in [2.24, 2.45) is 5.10 Å². The lowest BCUT2D eigenvalue weighted by Gasteiger charge is -2.06. The van der Waals surface area contributed by atoms with Gasteiger partial charge in [-0.05, 0) is 23.8 Å². The Morgan fingerprint density at radius 1 is 1.06 bits per heavy atom. The molecule has 0 fully saturated rings. The Hall–Kier alpha value is -4.79. The summed E-state index contributed by atoms with van der Waals surface area (Å²) in [7, 11) is 0. The summed E-state index contributed by atoms with van der Waals surface area (Å²) in [5, 5.41) is 25.3. The molecular weight excluding hydrogens is 436 g/mol. The molecule has 170 valence electrons. The molecule has 2 N–H and O–H groups in total. The number of carboxylic acid groups (broad SMARTS) is 1. The molecule has 0 radical (unpaired) electrons. The molecule has 0 aliphatic carbocycles. The Bertz CT molecular complexity index is 1420. The highest BCUT2D eigenvalue weighted by molar-refractivity contribution is 5.99. The van der Waals surface area contributed by atoms with Gasteiger partial charge in [0.05, 0.1) is 23.1 Å². The van der Waals surface area contributed by atoms with Crippen molar-refractivity contribution in [3.63, 3.8) is 0 Å². The minimum atomic E-state index is -0.983. The number of nitro groups is 1. The minimum Gasteiger partial charge on any atom is -0.478 e. The van der Waals surface area contributed by atoms with Crippen LogP contribution in [0.15, 0.2) is 84.1 Å². The number of rotatable bonds is 8. The highest BCUT2D eigenvalue weighted by Crippen LogP contribution is 2.22. The van der Waals surface area contributed by atoms with Crippen LogP contribution >= 0.6 is 0 Å². The lowest BCUT2D eigenvalue weighted by Crippen LogP contribution is -2.20. The van der Waals surface area contributed by atoms with Gasteiger partial charge in [0.2, 0.25) is 5.91 Å². The summed E-state index contributed by atoms with van der Waals surface area (Å²) >= 11 is 0. The number of carbonyl (C=O) groups excluding carboxylic acids is 1. The van der Waals surface area contributed by atoms with Gasteiger partial charge in [-0.3, -0.25) is 14.9 Å². The highest BCUT2D eigenvalue weighted by atomic mass is 16.6. The number of aromatic nitrogens is 1. The fourth-order valence-corrected chi connectivity index (χ4v) is 3.73. The fraction of sp³-hybridized carbons (Fsp3) is 0.0800. The van der Waals surface area contributed by atoms with Gasteiger partial charge in [-0.15, -0.1) is 0 Å². The summed E-state index contributed by atoms with van der Waals surface area (Å²) in [6.07, 6.45) is 3.22. The minimum absolute atomic E-state index is 0.114. The maximum atomic E-state index is 12.3. The van der Waals surface area contributed by atoms with Gasteiger partial charge in [-0.25, -0.2) is 10.2 Å². The SMILES string of the molecule is O=C(Cc1ccccc1[N+](=O)[O-])N/N=C\c1cn(Cc2cccc(C(=O)O)c2)c2ccccc12. The van der Waals surface area contributed by atoms with Gasteiger partial charge in [-0.2, -0.15) is 5.10 Å². The molecule has 0 saturated carbocycles. The largest absolute Gasteiger partial charge is 0.478 e. The number of hydrogen-bond acceptors (Lipinski definition) is 5. The molecule has 0 spiro atoms. The predicted molar refractivity (Wildman–Crippen MR) is 127 cm³/mol. The van der Waals surface area contributed by atoms with Gasteiger partial charge in [-0.1, -0.05) is 48.5 Å². The zero-order valence-corrected chi connectivity index (χ0v) is 17.9. The molecule has 4 rings (SSSR count). The molecule has 34 heavy (non-hydrogen) atoms. The molecule has 0 saturated heterocycles. The lowest BCUT2D eigenvalue weighted by molar-refractivity contribution is -0.385. The smallest absolute Gasteiger partial charge is 0.335 e. The first-order chi connectivity index (χ1) is 16.4. The summed E-state index contributed by atoms with van der Waals surface area (Å²) in [6, 6.07) is 20.5. The lowest BCUT2D eigenvalue weighted by atomic mass is 10.1. The van der Waals surface area contributed by atoms with E-state index in [1.165, 1.54) is 18.3 Å². The van der Waals surface area contributed by atoms with Crippen LogP contribution in [0.1, 0.15) is 27.0 Å². The van der Waals surface area contributed by atoms with Crippen molar-refractivity contribution in [1.82, 2.24) is 9.99 Å². The molecule has 0 aliphatic heterocycles. The van der Waals surface area contributed by atoms with Crippen LogP contribution in [0.25, 0.3) is 10.9 Å². The van der Waals surface area contributed by atoms with E-state index in [9.17, 15) is 24.8 Å². The number of fused-ring (bicyclic) bond motifs is 1. The summed E-state index contributed by atoms with van der Waals surface area (Å²) < 4.78 is 1.98. The summed E-state index contributed by atoms with van der Waals surface area (Å²) in [6.45, 7) is 0.458. The third kappa shape index (κ3) is 4.99. The van der Waals surface area contributed by atoms with Crippen LogP contribution in [0, 0.1) is 10.1 Å². The molecule has 0 unspecified atom stereocenters. The van der Waals surface area contributed by atoms with E-state index < -0.39 is 16.8 Å². The van der Waals surface area contributed by atoms with Crippen molar-refractivity contribution in [2.45, 2.75) is 13.0 Å². The van der Waals surface area contributed by atoms with Gasteiger partial charge < -0.3 is 9.67 Å². The number of para-hydroxylation sites is 2. The van der Waals surface area contributed by atoms with Crippen molar-refractivity contribution < 1.29 is 19.6 Å². The van der Waals surface area contributed by atoms with Crippen LogP contribution in [0.3, 0.4) is 0 Å². The topological polar surface area (TPSA) is 127 Å². The van der Waals surface area contributed by atoms with E-state index in [0.717, 1.165) is 22.0 Å². The van der Waals surface area contributed by atoms with E-state index in [2.05, 4.69) is 10.5 Å². The number of nitrogens with zero attached hydrogens (tertiary/aromatic N) is 3. The molecule has 3 aromatic carbocycles. The molecule has 9 heteroatoms. The molecule has 1 aromatic heterocycles. The standard InChI is InChI=1S/C25H20N4O5/c30-24(13-18-7-1-3-10-22(18)29(33)34)27-26-14-20-16-28(23-11-4-2-9-21(20)23)15-17-6-5-8-19(12-17)25(31)32/h1-12,14,16H,13,15H2,(H,27,30)(H,31,32)/b26-14-. The van der Waals surface area contributed by atoms with E-state index in [1.807, 2.05) is 41.1 Å². The average molecular weight is 456 g/mol. The van der Waals surface area contributed by atoms with Crippen molar-refractivity contribution in [3.05, 3.63) is 111 Å². The van der Waals surface area contributed by atoms with Gasteiger partial charge >= 0.3 is 5.97 Å². The molecule has 9 nitrogen and oxygen atoms in total. The molecule has 0 bridgehead atoms. The number of hydrazone groups is 1. The van der Waals surface area contributed by atoms with E-state index in [0.29, 0.717) is 12.1 Å². The number of amides is 1. The number of carboxylic acids is 1. The third-order valence-corrected chi connectivity index (χ3v) is 5.28. The average Bonchev–Trinajstić information content (AvgIpc) is 3.17. The maximum absolute atomic E-state index is 12.3. The summed E-state index contributed by atoms with van der Waals surface area (Å²) in [5.74, 6) is -1.46. The molecule has 0 atom stereocenters. The van der Waals surface area contributed by atoms with Crippen LogP contribution in [0.4, 0.5) is 5.69 Å². The van der Waals surface area contributed by atoms with E-state index in [-0.39, 0.29) is 17.7 Å². The number of aromatic carboxylic acids is 1. The van der Waals surface area contributed by atoms with Gasteiger partial charge in [0.25, 0.3) is 5.69 Å². The van der Waals surface area contributed by atoms with Crippen molar-refractivity contribution in [3.8, 4) is 0 Å². The second kappa shape index (κ2) is 9.78. The zero-order chi connectivity index (χ0) is 24.1. The van der Waals surface area contributed by atoms with Crippen LogP contribution in [0.2, 0.25) is 0 Å². The van der Waals surface area contributed by atoms with Crippen LogP contribution in [0.5, 0.6) is 0 Å². The second-order valence-electron chi connectivity index (χ2n) is 7.59. The van der Waals surface area contributed by atoms with Crippen molar-refractivity contribution in [1.29, 1.82) is 0 Å². The first-order valence-electron chi connectivity index (χ1n) is 10.4. The van der Waals surface area contributed by atoms with Gasteiger partial charge in [0.15, 0.2) is 0 Å². The summed E-state index contributed by atoms with van der Waals surface area (Å²) in [4.78, 5) is 34.1. The monoisotopic (exact) mass is 456 g/mol. The molecule has 1 heterocycles. The molecule has 4 aromatic rings. The van der Waals surface area contributed by atoms with Crippen LogP contribution < -0.4 is 5.43 Å². The van der Waals surface area contributed by atoms with E-state index >= 15 is 0 Å². The number of benzene rings is 3. The number of nitro benzene ring substituents is 1. The molecule has 0 aliphatic rings. The van der Waals surface area contributed by atoms with Gasteiger partial charge in [0.1, 0.15) is 0 Å². The zero-order valence-electron chi connectivity index (χ0n) is 17.9. The summed E-state index contributed by atoms with van der Waals surface area (Å²) in [5.41, 5.74) is 5.36. The Balaban J connectivity index is 1.52. The van der Waals surface area contributed by atoms with Gasteiger partial charge in [0, 0.05) is 40.8 Å². The predicted octanol–water partition coefficient (Wildman–Crippen LogP) is 3.99. The third-order valence-electron chi connectivity index (χ3n) is 5.28. The number of hydrogen-bond donors (Lipinski definition) is 2. The fourth-order valence-electron chi connectivity index (χ4n) is 3.73. The van der Waals surface area contributed by atoms with Crippen molar-refractivity contribution in [2.75, 3.05) is 0 Å². The number of nitrogens with one attached hydrogen (secondary N) is 1. The quantitative estimate of drug-likeness (QED) is 0.235. The second-order valence-corrected chi connectivity index (χ2v) is 7.59. The van der Waals surface area contributed by atoms with Crippen LogP contribution in [-0.2, 0) is 17.8 Å². The Morgan fingerprint density at radius 3 is 2.62 bits per heavy atom. The van der Waals surface area contributed by atoms with E-state index in [4.69, 9.17) is 0 Å². The molecular formula is C25H20N4O5. The van der Waals surface area contributed by atoms with Crippen molar-refractivity contribution >= 4 is 34.7 Å². The Labute approximate surface area is 194 Å². The molecule has 1 amide bonds. The van der Waals surface area contributed by atoms with Crippen LogP contribution in [-0.4, -0.2) is 32.7 Å². The first kappa shape index (κ1) is 22.4.